The van der Waals surface area contributed by atoms with Crippen molar-refractivity contribution in [2.45, 2.75) is 63.8 Å². The largest absolute Gasteiger partial charge is 0.422 e. The molecule has 1 saturated heterocycles. The van der Waals surface area contributed by atoms with Gasteiger partial charge in [0, 0.05) is 6.61 Å². The van der Waals surface area contributed by atoms with Gasteiger partial charge in [0.25, 0.3) is 0 Å². The fraction of sp³-hybridized carbons (Fsp3) is 0.600. The van der Waals surface area contributed by atoms with Gasteiger partial charge in [-0.2, -0.15) is 0 Å². The van der Waals surface area contributed by atoms with Crippen molar-refractivity contribution in [1.29, 1.82) is 0 Å². The molecule has 1 aliphatic heterocycles. The van der Waals surface area contributed by atoms with E-state index in [0.717, 1.165) is 37.4 Å². The maximum absolute atomic E-state index is 6.00. The van der Waals surface area contributed by atoms with Crippen LogP contribution in [-0.4, -0.2) is 22.9 Å². The number of ether oxygens (including phenoxy) is 2. The first-order valence-corrected chi connectivity index (χ1v) is 9.40. The lowest BCUT2D eigenvalue weighted by molar-refractivity contribution is -0.00522. The van der Waals surface area contributed by atoms with Crippen LogP contribution in [0.15, 0.2) is 34.7 Å². The summed E-state index contributed by atoms with van der Waals surface area (Å²) in [5.41, 5.74) is 1.16. The number of aromatic nitrogens is 2. The molecule has 0 unspecified atom stereocenters. The van der Waals surface area contributed by atoms with Crippen LogP contribution in [0.5, 0.6) is 0 Å². The quantitative estimate of drug-likeness (QED) is 0.805. The summed E-state index contributed by atoms with van der Waals surface area (Å²) in [5.74, 6) is 2.12. The second-order valence-electron chi connectivity index (χ2n) is 7.34. The minimum Gasteiger partial charge on any atom is -0.422 e. The molecule has 1 aliphatic carbocycles. The van der Waals surface area contributed by atoms with E-state index >= 15 is 0 Å². The van der Waals surface area contributed by atoms with Crippen LogP contribution in [0, 0.1) is 5.92 Å². The van der Waals surface area contributed by atoms with E-state index < -0.39 is 0 Å². The third-order valence-electron chi connectivity index (χ3n) is 5.35. The van der Waals surface area contributed by atoms with E-state index in [0.29, 0.717) is 24.5 Å². The van der Waals surface area contributed by atoms with Crippen molar-refractivity contribution in [2.24, 2.45) is 5.92 Å². The van der Waals surface area contributed by atoms with Crippen molar-refractivity contribution in [3.8, 4) is 0 Å². The first-order chi connectivity index (χ1) is 12.3. The molecule has 1 saturated carbocycles. The van der Waals surface area contributed by atoms with Gasteiger partial charge in [-0.3, -0.25) is 0 Å². The van der Waals surface area contributed by atoms with E-state index in [1.807, 2.05) is 18.2 Å². The topological polar surface area (TPSA) is 57.4 Å². The van der Waals surface area contributed by atoms with Gasteiger partial charge in [-0.25, -0.2) is 0 Å². The Bertz CT molecular complexity index is 673. The number of rotatable bonds is 5. The number of hydrogen-bond donors (Lipinski definition) is 0. The smallest absolute Gasteiger partial charge is 0.242 e. The molecule has 5 nitrogen and oxygen atoms in total. The second kappa shape index (κ2) is 7.67. The molecule has 4 atom stereocenters. The fourth-order valence-electron chi connectivity index (χ4n) is 4.01. The van der Waals surface area contributed by atoms with E-state index in [9.17, 15) is 0 Å². The molecule has 0 spiro atoms. The zero-order valence-electron chi connectivity index (χ0n) is 14.8. The van der Waals surface area contributed by atoms with E-state index in [4.69, 9.17) is 13.9 Å². The van der Waals surface area contributed by atoms with Gasteiger partial charge in [0.1, 0.15) is 6.61 Å². The zero-order chi connectivity index (χ0) is 17.1. The molecule has 2 fully saturated rings. The van der Waals surface area contributed by atoms with Gasteiger partial charge >= 0.3 is 0 Å². The standard InChI is InChI=1S/C20H26N2O3/c1-14-6-5-9-16(12-14)24-13-18-21-22-20(25-18)17-10-11-23-19(17)15-7-3-2-4-8-15/h2-4,7-8,14,16-17,19H,5-6,9-13H2,1H3/t14-,16-,17+,19-/m1/s1. The van der Waals surface area contributed by atoms with Crippen molar-refractivity contribution in [2.75, 3.05) is 6.61 Å². The molecule has 0 radical (unpaired) electrons. The van der Waals surface area contributed by atoms with E-state index in [2.05, 4.69) is 29.3 Å². The molecule has 2 aromatic rings. The SMILES string of the molecule is C[C@@H]1CCC[C@@H](OCc2nnc([C@H]3CCO[C@@H]3c3ccccc3)o2)C1. The summed E-state index contributed by atoms with van der Waals surface area (Å²) < 4.78 is 17.8. The molecular formula is C20H26N2O3. The van der Waals surface area contributed by atoms with E-state index in [-0.39, 0.29) is 12.0 Å². The molecule has 134 valence electrons. The van der Waals surface area contributed by atoms with Crippen LogP contribution in [0.3, 0.4) is 0 Å². The monoisotopic (exact) mass is 342 g/mol. The molecule has 0 N–H and O–H groups in total. The predicted octanol–water partition coefficient (Wildman–Crippen LogP) is 4.41. The van der Waals surface area contributed by atoms with Crippen molar-refractivity contribution >= 4 is 0 Å². The molecule has 0 amide bonds. The molecule has 2 aliphatic rings. The Morgan fingerprint density at radius 1 is 1.12 bits per heavy atom. The Labute approximate surface area is 148 Å². The Kier molecular flexibility index (Phi) is 5.13. The van der Waals surface area contributed by atoms with Crippen LogP contribution in [0.2, 0.25) is 0 Å². The molecule has 4 rings (SSSR count). The lowest BCUT2D eigenvalue weighted by Gasteiger charge is -2.26. The minimum atomic E-state index is -0.00499. The summed E-state index contributed by atoms with van der Waals surface area (Å²) in [6, 6.07) is 10.3. The molecule has 25 heavy (non-hydrogen) atoms. The fourth-order valence-corrected chi connectivity index (χ4v) is 4.01. The van der Waals surface area contributed by atoms with Crippen LogP contribution in [0.4, 0.5) is 0 Å². The van der Waals surface area contributed by atoms with Crippen molar-refractivity contribution in [3.05, 3.63) is 47.7 Å². The number of nitrogens with zero attached hydrogens (tertiary/aromatic N) is 2. The minimum absolute atomic E-state index is 0.00499. The highest BCUT2D eigenvalue weighted by Gasteiger charge is 2.35. The number of benzene rings is 1. The van der Waals surface area contributed by atoms with Gasteiger partial charge in [0.15, 0.2) is 0 Å². The molecule has 1 aromatic heterocycles. The third-order valence-corrected chi connectivity index (χ3v) is 5.35. The zero-order valence-corrected chi connectivity index (χ0v) is 14.8. The first kappa shape index (κ1) is 16.7. The lowest BCUT2D eigenvalue weighted by Crippen LogP contribution is -2.21. The van der Waals surface area contributed by atoms with Gasteiger partial charge < -0.3 is 13.9 Å². The van der Waals surface area contributed by atoms with Crippen LogP contribution in [-0.2, 0) is 16.1 Å². The third kappa shape index (κ3) is 3.93. The van der Waals surface area contributed by atoms with Crippen LogP contribution < -0.4 is 0 Å². The highest BCUT2D eigenvalue weighted by molar-refractivity contribution is 5.21. The van der Waals surface area contributed by atoms with E-state index in [1.165, 1.54) is 12.8 Å². The first-order valence-electron chi connectivity index (χ1n) is 9.40. The summed E-state index contributed by atoms with van der Waals surface area (Å²) in [6.45, 7) is 3.43. The molecular weight excluding hydrogens is 316 g/mol. The maximum atomic E-state index is 6.00. The van der Waals surface area contributed by atoms with Crippen molar-refractivity contribution in [1.82, 2.24) is 10.2 Å². The highest BCUT2D eigenvalue weighted by atomic mass is 16.5. The van der Waals surface area contributed by atoms with Crippen LogP contribution in [0.1, 0.15) is 68.4 Å². The highest BCUT2D eigenvalue weighted by Crippen LogP contribution is 2.41. The van der Waals surface area contributed by atoms with Gasteiger partial charge in [-0.15, -0.1) is 10.2 Å². The average molecular weight is 342 g/mol. The van der Waals surface area contributed by atoms with E-state index in [1.54, 1.807) is 0 Å². The summed E-state index contributed by atoms with van der Waals surface area (Å²) in [4.78, 5) is 0. The summed E-state index contributed by atoms with van der Waals surface area (Å²) in [5, 5.41) is 8.47. The van der Waals surface area contributed by atoms with Crippen LogP contribution >= 0.6 is 0 Å². The van der Waals surface area contributed by atoms with Gasteiger partial charge in [-0.05, 0) is 30.7 Å². The Balaban J connectivity index is 1.39. The second-order valence-corrected chi connectivity index (χ2v) is 7.34. The summed E-state index contributed by atoms with van der Waals surface area (Å²) >= 11 is 0. The molecule has 2 heterocycles. The Morgan fingerprint density at radius 3 is 2.84 bits per heavy atom. The van der Waals surface area contributed by atoms with Gasteiger partial charge in [0.05, 0.1) is 18.1 Å². The Hall–Kier alpha value is -1.72. The van der Waals surface area contributed by atoms with Crippen molar-refractivity contribution < 1.29 is 13.9 Å². The average Bonchev–Trinajstić information content (AvgIpc) is 3.30. The molecule has 5 heteroatoms. The maximum Gasteiger partial charge on any atom is 0.242 e. The van der Waals surface area contributed by atoms with Gasteiger partial charge in [0.2, 0.25) is 11.8 Å². The van der Waals surface area contributed by atoms with Gasteiger partial charge in [-0.1, -0.05) is 50.1 Å². The Morgan fingerprint density at radius 2 is 2.00 bits per heavy atom. The molecule has 1 aromatic carbocycles. The summed E-state index contributed by atoms with van der Waals surface area (Å²) in [7, 11) is 0. The van der Waals surface area contributed by atoms with Crippen LogP contribution in [0.25, 0.3) is 0 Å². The lowest BCUT2D eigenvalue weighted by atomic mass is 9.89. The molecule has 0 bridgehead atoms. The number of hydrogen-bond acceptors (Lipinski definition) is 5. The predicted molar refractivity (Wildman–Crippen MR) is 93.0 cm³/mol. The normalized spacial score (nSPS) is 29.8. The summed E-state index contributed by atoms with van der Waals surface area (Å²) in [6.07, 6.45) is 6.06. The van der Waals surface area contributed by atoms with Crippen molar-refractivity contribution in [3.63, 3.8) is 0 Å².